The van der Waals surface area contributed by atoms with Gasteiger partial charge in [0.2, 0.25) is 0 Å². The van der Waals surface area contributed by atoms with Crippen LogP contribution in [0.1, 0.15) is 26.3 Å². The highest BCUT2D eigenvalue weighted by Gasteiger charge is 2.21. The minimum atomic E-state index is 0.187. The lowest BCUT2D eigenvalue weighted by molar-refractivity contribution is 0.158. The summed E-state index contributed by atoms with van der Waals surface area (Å²) < 4.78 is 5.34. The molecule has 0 spiro atoms. The number of anilines is 1. The number of rotatable bonds is 7. The smallest absolute Gasteiger partial charge is 0.153 e. The first-order chi connectivity index (χ1) is 12.6. The normalized spacial score (nSPS) is 19.2. The molecule has 1 aliphatic rings. The molecule has 0 saturated heterocycles. The molecule has 0 atom stereocenters. The van der Waals surface area contributed by atoms with Gasteiger partial charge in [-0.3, -0.25) is 15.0 Å². The third-order valence-corrected chi connectivity index (χ3v) is 3.82. The summed E-state index contributed by atoms with van der Waals surface area (Å²) in [7, 11) is 3.52. The lowest BCUT2D eigenvalue weighted by atomic mass is 10.0. The van der Waals surface area contributed by atoms with Crippen LogP contribution in [-0.2, 0) is 4.74 Å². The van der Waals surface area contributed by atoms with Crippen LogP contribution in [0.4, 0.5) is 5.69 Å². The van der Waals surface area contributed by atoms with E-state index in [-0.39, 0.29) is 6.04 Å². The molecule has 0 radical (unpaired) electrons. The third-order valence-electron chi connectivity index (χ3n) is 3.82. The molecule has 1 aliphatic heterocycles. The van der Waals surface area contributed by atoms with Gasteiger partial charge in [-0.25, -0.2) is 0 Å². The Hall–Kier alpha value is -2.47. The minimum Gasteiger partial charge on any atom is -0.383 e. The summed E-state index contributed by atoms with van der Waals surface area (Å²) in [6.45, 7) is 8.35. The standard InChI is InChI=1S/C20H29N5O/c1-6-26-12-11-23-16-9-7-15(8-10-16)17-13-18(24-14(2)3)19(21-4)20(22-5)25-17/h7-10,13-14,23H,6,11-12H2,1-5H3,(H,22,25). The Morgan fingerprint density at radius 1 is 1.12 bits per heavy atom. The van der Waals surface area contributed by atoms with Crippen molar-refractivity contribution in [3.05, 3.63) is 35.9 Å². The van der Waals surface area contributed by atoms with E-state index in [0.29, 0.717) is 6.61 Å². The lowest BCUT2D eigenvalue weighted by Crippen LogP contribution is -2.39. The first-order valence-corrected chi connectivity index (χ1v) is 9.01. The van der Waals surface area contributed by atoms with Crippen molar-refractivity contribution in [1.29, 1.82) is 0 Å². The van der Waals surface area contributed by atoms with Gasteiger partial charge in [-0.05, 0) is 44.5 Å². The van der Waals surface area contributed by atoms with Crippen LogP contribution < -0.4 is 10.6 Å². The Balaban J connectivity index is 2.22. The molecule has 2 rings (SSSR count). The number of nitrogens with one attached hydrogen (secondary N) is 2. The minimum absolute atomic E-state index is 0.187. The predicted octanol–water partition coefficient (Wildman–Crippen LogP) is 3.03. The number of ether oxygens (including phenoxy) is 1. The molecular formula is C20H29N5O. The van der Waals surface area contributed by atoms with E-state index < -0.39 is 0 Å². The second-order valence-corrected chi connectivity index (χ2v) is 6.14. The summed E-state index contributed by atoms with van der Waals surface area (Å²) in [6.07, 6.45) is 2.04. The van der Waals surface area contributed by atoms with Crippen LogP contribution >= 0.6 is 0 Å². The number of hydrogen-bond acceptors (Lipinski definition) is 5. The van der Waals surface area contributed by atoms with Crippen molar-refractivity contribution in [3.63, 3.8) is 0 Å². The maximum absolute atomic E-state index is 5.34. The average Bonchev–Trinajstić information content (AvgIpc) is 2.64. The van der Waals surface area contributed by atoms with Crippen LogP contribution in [0, 0.1) is 0 Å². The Morgan fingerprint density at radius 2 is 1.85 bits per heavy atom. The topological polar surface area (TPSA) is 70.4 Å². The number of hydrogen-bond donors (Lipinski definition) is 2. The molecule has 1 heterocycles. The van der Waals surface area contributed by atoms with Gasteiger partial charge < -0.3 is 15.4 Å². The summed E-state index contributed by atoms with van der Waals surface area (Å²) in [6, 6.07) is 8.48. The van der Waals surface area contributed by atoms with Crippen molar-refractivity contribution >= 4 is 28.6 Å². The van der Waals surface area contributed by atoms with Crippen molar-refractivity contribution < 1.29 is 4.74 Å². The van der Waals surface area contributed by atoms with Gasteiger partial charge in [-0.1, -0.05) is 12.1 Å². The van der Waals surface area contributed by atoms with E-state index in [9.17, 15) is 0 Å². The van der Waals surface area contributed by atoms with Gasteiger partial charge in [-0.2, -0.15) is 0 Å². The van der Waals surface area contributed by atoms with Crippen LogP contribution in [0.2, 0.25) is 0 Å². The highest BCUT2D eigenvalue weighted by molar-refractivity contribution is 6.72. The van der Waals surface area contributed by atoms with Crippen LogP contribution in [0.5, 0.6) is 0 Å². The van der Waals surface area contributed by atoms with Gasteiger partial charge in [0.1, 0.15) is 5.71 Å². The first-order valence-electron chi connectivity index (χ1n) is 9.01. The number of nitrogens with zero attached hydrogens (tertiary/aromatic N) is 3. The van der Waals surface area contributed by atoms with Gasteiger partial charge >= 0.3 is 0 Å². The molecule has 0 fully saturated rings. The highest BCUT2D eigenvalue weighted by atomic mass is 16.5. The zero-order chi connectivity index (χ0) is 18.9. The Kier molecular flexibility index (Phi) is 7.53. The molecule has 1 aromatic rings. The highest BCUT2D eigenvalue weighted by Crippen LogP contribution is 2.19. The summed E-state index contributed by atoms with van der Waals surface area (Å²) in [4.78, 5) is 13.4. The van der Waals surface area contributed by atoms with Crippen molar-refractivity contribution in [2.45, 2.75) is 26.8 Å². The molecule has 0 aliphatic carbocycles. The fraction of sp³-hybridized carbons (Fsp3) is 0.450. The van der Waals surface area contributed by atoms with Crippen molar-refractivity contribution in [1.82, 2.24) is 5.32 Å². The number of aliphatic imine (C=N–C) groups is 3. The number of amidine groups is 1. The maximum Gasteiger partial charge on any atom is 0.153 e. The Labute approximate surface area is 156 Å². The zero-order valence-electron chi connectivity index (χ0n) is 16.3. The van der Waals surface area contributed by atoms with E-state index >= 15 is 0 Å². The van der Waals surface area contributed by atoms with E-state index in [1.54, 1.807) is 14.1 Å². The second-order valence-electron chi connectivity index (χ2n) is 6.14. The van der Waals surface area contributed by atoms with E-state index in [1.165, 1.54) is 0 Å². The van der Waals surface area contributed by atoms with E-state index in [4.69, 9.17) is 9.73 Å². The fourth-order valence-electron chi connectivity index (χ4n) is 2.64. The first kappa shape index (κ1) is 19.8. The summed E-state index contributed by atoms with van der Waals surface area (Å²) in [5.74, 6) is 0.739. The van der Waals surface area contributed by atoms with E-state index in [0.717, 1.165) is 47.4 Å². The van der Waals surface area contributed by atoms with Crippen LogP contribution in [0.25, 0.3) is 5.70 Å². The number of allylic oxidation sites excluding steroid dienone is 1. The predicted molar refractivity (Wildman–Crippen MR) is 112 cm³/mol. The molecule has 0 amide bonds. The van der Waals surface area contributed by atoms with Crippen molar-refractivity contribution in [2.75, 3.05) is 39.2 Å². The van der Waals surface area contributed by atoms with Gasteiger partial charge in [0.05, 0.1) is 12.3 Å². The SMILES string of the molecule is CCOCCNc1ccc(C2=CC(=NC(C)C)C(=NC)C(=NC)N2)cc1. The molecule has 1 aromatic carbocycles. The van der Waals surface area contributed by atoms with Crippen LogP contribution in [0.3, 0.4) is 0 Å². The third kappa shape index (κ3) is 5.26. The number of benzene rings is 1. The molecule has 2 N–H and O–H groups in total. The van der Waals surface area contributed by atoms with Gasteiger partial charge in [0, 0.05) is 44.7 Å². The lowest BCUT2D eigenvalue weighted by Gasteiger charge is -2.21. The molecule has 6 nitrogen and oxygen atoms in total. The molecule has 26 heavy (non-hydrogen) atoms. The molecule has 0 saturated carbocycles. The van der Waals surface area contributed by atoms with Crippen molar-refractivity contribution in [2.24, 2.45) is 15.0 Å². The van der Waals surface area contributed by atoms with E-state index in [2.05, 4.69) is 58.7 Å². The molecule has 6 heteroatoms. The molecule has 0 bridgehead atoms. The van der Waals surface area contributed by atoms with Gasteiger partial charge in [-0.15, -0.1) is 0 Å². The largest absolute Gasteiger partial charge is 0.383 e. The quantitative estimate of drug-likeness (QED) is 0.739. The van der Waals surface area contributed by atoms with Crippen LogP contribution in [0.15, 0.2) is 45.3 Å². The average molecular weight is 355 g/mol. The Bertz CT molecular complexity index is 714. The zero-order valence-corrected chi connectivity index (χ0v) is 16.3. The van der Waals surface area contributed by atoms with Gasteiger partial charge in [0.25, 0.3) is 0 Å². The molecule has 0 unspecified atom stereocenters. The van der Waals surface area contributed by atoms with Gasteiger partial charge in [0.15, 0.2) is 5.84 Å². The molecular weight excluding hydrogens is 326 g/mol. The maximum atomic E-state index is 5.34. The molecule has 0 aromatic heterocycles. The van der Waals surface area contributed by atoms with E-state index in [1.807, 2.05) is 13.0 Å². The molecule has 140 valence electrons. The Morgan fingerprint density at radius 3 is 2.42 bits per heavy atom. The van der Waals surface area contributed by atoms with Crippen LogP contribution in [-0.4, -0.2) is 57.2 Å². The summed E-state index contributed by atoms with van der Waals surface area (Å²) in [5.41, 5.74) is 4.77. The van der Waals surface area contributed by atoms with Crippen molar-refractivity contribution in [3.8, 4) is 0 Å². The monoisotopic (exact) mass is 355 g/mol. The summed E-state index contributed by atoms with van der Waals surface area (Å²) >= 11 is 0. The second kappa shape index (κ2) is 9.87. The fourth-order valence-corrected chi connectivity index (χ4v) is 2.64. The summed E-state index contributed by atoms with van der Waals surface area (Å²) in [5, 5.41) is 6.71.